The van der Waals surface area contributed by atoms with E-state index in [0.717, 1.165) is 5.57 Å². The van der Waals surface area contributed by atoms with Crippen molar-refractivity contribution in [3.05, 3.63) is 23.4 Å². The molecule has 0 aliphatic carbocycles. The molecule has 0 saturated heterocycles. The van der Waals surface area contributed by atoms with E-state index in [4.69, 9.17) is 9.47 Å². The largest absolute Gasteiger partial charge is 0.482 e. The number of carbonyl (C=O) groups excluding carboxylic acids is 1. The van der Waals surface area contributed by atoms with Crippen LogP contribution in [0.1, 0.15) is 19.5 Å². The van der Waals surface area contributed by atoms with Crippen LogP contribution in [0.2, 0.25) is 0 Å². The second-order valence-electron chi connectivity index (χ2n) is 3.94. The summed E-state index contributed by atoms with van der Waals surface area (Å²) in [5.41, 5.74) is 1.87. The number of ether oxygens (including phenoxy) is 2. The number of methoxy groups -OCH3 is 1. The predicted molar refractivity (Wildman–Crippen MR) is 61.4 cm³/mol. The third kappa shape index (κ3) is 1.72. The average Bonchev–Trinajstić information content (AvgIpc) is 2.81. The van der Waals surface area contributed by atoms with Crippen LogP contribution >= 0.6 is 0 Å². The van der Waals surface area contributed by atoms with Crippen molar-refractivity contribution in [1.82, 2.24) is 4.57 Å². The Morgan fingerprint density at radius 2 is 2.24 bits per heavy atom. The maximum Gasteiger partial charge on any atom is 0.356 e. The molecule has 1 atom stereocenters. The van der Waals surface area contributed by atoms with E-state index in [1.165, 1.54) is 7.11 Å². The minimum Gasteiger partial charge on any atom is -0.482 e. The van der Waals surface area contributed by atoms with Crippen molar-refractivity contribution in [2.45, 2.75) is 26.6 Å². The number of hydrogen-bond donors (Lipinski definition) is 1. The Hall–Kier alpha value is -1.75. The van der Waals surface area contributed by atoms with Gasteiger partial charge >= 0.3 is 5.97 Å². The second kappa shape index (κ2) is 4.25. The van der Waals surface area contributed by atoms with E-state index in [2.05, 4.69) is 0 Å². The molecule has 1 unspecified atom stereocenters. The highest BCUT2D eigenvalue weighted by Crippen LogP contribution is 2.31. The van der Waals surface area contributed by atoms with Crippen molar-refractivity contribution >= 4 is 11.7 Å². The van der Waals surface area contributed by atoms with Gasteiger partial charge in [-0.1, -0.05) is 0 Å². The SMILES string of the molecule is COc1ccc(CO)n1C1=C(C)C(C)OC1=O. The van der Waals surface area contributed by atoms with Crippen molar-refractivity contribution < 1.29 is 19.4 Å². The molecule has 1 aliphatic heterocycles. The Kier molecular flexibility index (Phi) is 2.93. The number of aromatic nitrogens is 1. The van der Waals surface area contributed by atoms with Gasteiger partial charge in [0, 0.05) is 6.07 Å². The van der Waals surface area contributed by atoms with Crippen LogP contribution in [0.5, 0.6) is 5.88 Å². The van der Waals surface area contributed by atoms with E-state index >= 15 is 0 Å². The summed E-state index contributed by atoms with van der Waals surface area (Å²) in [6.45, 7) is 3.49. The molecule has 0 saturated carbocycles. The minimum atomic E-state index is -0.390. The molecule has 92 valence electrons. The molecule has 0 spiro atoms. The highest BCUT2D eigenvalue weighted by molar-refractivity contribution is 6.13. The third-order valence-electron chi connectivity index (χ3n) is 2.98. The summed E-state index contributed by atoms with van der Waals surface area (Å²) < 4.78 is 11.9. The van der Waals surface area contributed by atoms with Crippen LogP contribution in [-0.4, -0.2) is 28.9 Å². The number of carbonyl (C=O) groups is 1. The first kappa shape index (κ1) is 11.7. The molecule has 1 aromatic rings. The molecule has 0 fully saturated rings. The van der Waals surface area contributed by atoms with Gasteiger partial charge in [0.1, 0.15) is 11.8 Å². The molecule has 2 heterocycles. The quantitative estimate of drug-likeness (QED) is 0.801. The van der Waals surface area contributed by atoms with Gasteiger partial charge in [0.2, 0.25) is 0 Å². The van der Waals surface area contributed by atoms with E-state index in [0.29, 0.717) is 17.3 Å². The summed E-state index contributed by atoms with van der Waals surface area (Å²) >= 11 is 0. The fraction of sp³-hybridized carbons (Fsp3) is 0.417. The first-order valence-electron chi connectivity index (χ1n) is 5.37. The topological polar surface area (TPSA) is 60.7 Å². The number of aliphatic hydroxyl groups excluding tert-OH is 1. The Balaban J connectivity index is 2.60. The third-order valence-corrected chi connectivity index (χ3v) is 2.98. The fourth-order valence-electron chi connectivity index (χ4n) is 1.92. The zero-order valence-electron chi connectivity index (χ0n) is 10.1. The molecule has 5 heteroatoms. The Labute approximate surface area is 99.3 Å². The molecular formula is C12H15NO4. The molecule has 1 aromatic heterocycles. The van der Waals surface area contributed by atoms with Crippen molar-refractivity contribution in [3.8, 4) is 5.88 Å². The standard InChI is InChI=1S/C12H15NO4/c1-7-8(2)17-12(15)11(7)13-9(6-14)4-5-10(13)16-3/h4-5,8,14H,6H2,1-3H3. The Morgan fingerprint density at radius 3 is 2.71 bits per heavy atom. The Bertz CT molecular complexity index is 465. The summed E-state index contributed by atoms with van der Waals surface area (Å²) in [4.78, 5) is 11.8. The molecular weight excluding hydrogens is 222 g/mol. The zero-order valence-corrected chi connectivity index (χ0v) is 10.1. The summed E-state index contributed by atoms with van der Waals surface area (Å²) in [6.07, 6.45) is -0.240. The van der Waals surface area contributed by atoms with Crippen LogP contribution in [0, 0.1) is 0 Å². The molecule has 2 rings (SSSR count). The zero-order chi connectivity index (χ0) is 12.6. The van der Waals surface area contributed by atoms with Gasteiger partial charge in [-0.2, -0.15) is 0 Å². The lowest BCUT2D eigenvalue weighted by molar-refractivity contribution is -0.137. The Morgan fingerprint density at radius 1 is 1.53 bits per heavy atom. The van der Waals surface area contributed by atoms with Crippen LogP contribution in [-0.2, 0) is 16.1 Å². The van der Waals surface area contributed by atoms with Crippen molar-refractivity contribution in [3.63, 3.8) is 0 Å². The summed E-state index contributed by atoms with van der Waals surface area (Å²) in [7, 11) is 1.52. The first-order valence-corrected chi connectivity index (χ1v) is 5.37. The summed E-state index contributed by atoms with van der Waals surface area (Å²) in [5, 5.41) is 9.27. The average molecular weight is 237 g/mol. The van der Waals surface area contributed by atoms with Gasteiger partial charge in [-0.3, -0.25) is 4.57 Å². The van der Waals surface area contributed by atoms with Crippen LogP contribution in [0.25, 0.3) is 5.70 Å². The van der Waals surface area contributed by atoms with Gasteiger partial charge in [-0.05, 0) is 25.5 Å². The molecule has 5 nitrogen and oxygen atoms in total. The summed E-state index contributed by atoms with van der Waals surface area (Å²) in [5.74, 6) is 0.119. The predicted octanol–water partition coefficient (Wildman–Crippen LogP) is 1.17. The van der Waals surface area contributed by atoms with Crippen LogP contribution in [0.15, 0.2) is 17.7 Å². The lowest BCUT2D eigenvalue weighted by Crippen LogP contribution is -2.11. The van der Waals surface area contributed by atoms with E-state index in [9.17, 15) is 9.90 Å². The number of rotatable bonds is 3. The maximum atomic E-state index is 11.8. The van der Waals surface area contributed by atoms with Crippen molar-refractivity contribution in [2.75, 3.05) is 7.11 Å². The van der Waals surface area contributed by atoms with E-state index < -0.39 is 0 Å². The van der Waals surface area contributed by atoms with E-state index in [1.807, 2.05) is 13.8 Å². The molecule has 1 aliphatic rings. The van der Waals surface area contributed by atoms with Crippen molar-refractivity contribution in [2.24, 2.45) is 0 Å². The summed E-state index contributed by atoms with van der Waals surface area (Å²) in [6, 6.07) is 3.43. The molecule has 0 radical (unpaired) electrons. The van der Waals surface area contributed by atoms with Gasteiger partial charge in [-0.15, -0.1) is 0 Å². The van der Waals surface area contributed by atoms with Crippen LogP contribution < -0.4 is 4.74 Å². The monoisotopic (exact) mass is 237 g/mol. The maximum absolute atomic E-state index is 11.8. The van der Waals surface area contributed by atoms with E-state index in [1.54, 1.807) is 16.7 Å². The normalized spacial score (nSPS) is 19.8. The molecule has 0 aromatic carbocycles. The van der Waals surface area contributed by atoms with Crippen LogP contribution in [0.4, 0.5) is 0 Å². The van der Waals surface area contributed by atoms with Gasteiger partial charge in [0.25, 0.3) is 0 Å². The lowest BCUT2D eigenvalue weighted by Gasteiger charge is -2.10. The van der Waals surface area contributed by atoms with Gasteiger partial charge in [0.05, 0.1) is 19.4 Å². The molecule has 0 amide bonds. The number of nitrogens with zero attached hydrogens (tertiary/aromatic N) is 1. The minimum absolute atomic E-state index is 0.165. The number of hydrogen-bond acceptors (Lipinski definition) is 4. The number of esters is 1. The van der Waals surface area contributed by atoms with Crippen LogP contribution in [0.3, 0.4) is 0 Å². The lowest BCUT2D eigenvalue weighted by atomic mass is 10.2. The number of cyclic esters (lactones) is 1. The first-order chi connectivity index (χ1) is 8.10. The van der Waals surface area contributed by atoms with Crippen molar-refractivity contribution in [1.29, 1.82) is 0 Å². The number of aliphatic hydroxyl groups is 1. The molecule has 17 heavy (non-hydrogen) atoms. The molecule has 1 N–H and O–H groups in total. The highest BCUT2D eigenvalue weighted by Gasteiger charge is 2.32. The second-order valence-corrected chi connectivity index (χ2v) is 3.94. The molecule has 0 bridgehead atoms. The highest BCUT2D eigenvalue weighted by atomic mass is 16.5. The smallest absolute Gasteiger partial charge is 0.356 e. The van der Waals surface area contributed by atoms with Gasteiger partial charge in [-0.25, -0.2) is 4.79 Å². The van der Waals surface area contributed by atoms with Gasteiger partial charge < -0.3 is 14.6 Å². The van der Waals surface area contributed by atoms with E-state index in [-0.39, 0.29) is 18.7 Å². The fourth-order valence-corrected chi connectivity index (χ4v) is 1.92. The van der Waals surface area contributed by atoms with Gasteiger partial charge in [0.15, 0.2) is 5.88 Å².